The number of aryl methyl sites for hydroxylation is 1. The summed E-state index contributed by atoms with van der Waals surface area (Å²) in [5.41, 5.74) is -0.390. The number of hydrogen-bond acceptors (Lipinski definition) is 4. The molecule has 0 amide bonds. The first kappa shape index (κ1) is 16.5. The van der Waals surface area contributed by atoms with Gasteiger partial charge in [0, 0.05) is 4.47 Å². The van der Waals surface area contributed by atoms with Crippen LogP contribution in [0.25, 0.3) is 10.9 Å². The van der Waals surface area contributed by atoms with Crippen molar-refractivity contribution in [2.75, 3.05) is 7.11 Å². The Morgan fingerprint density at radius 2 is 2.05 bits per heavy atom. The number of ether oxygens (including phenoxy) is 1. The van der Waals surface area contributed by atoms with E-state index < -0.39 is 30.1 Å². The second-order valence-electron chi connectivity index (χ2n) is 4.54. The number of halogens is 4. The number of benzene rings is 1. The highest BCUT2D eigenvalue weighted by molar-refractivity contribution is 9.10. The van der Waals surface area contributed by atoms with Crippen molar-refractivity contribution in [3.63, 3.8) is 0 Å². The van der Waals surface area contributed by atoms with Gasteiger partial charge in [-0.3, -0.25) is 14.2 Å². The SMILES string of the molecule is COC(=O)Cn1c(C(F)(F)F)nc2c(Br)cc(C)cc2c1=O. The zero-order valence-electron chi connectivity index (χ0n) is 11.5. The van der Waals surface area contributed by atoms with E-state index in [0.29, 0.717) is 5.56 Å². The topological polar surface area (TPSA) is 61.2 Å². The fourth-order valence-electron chi connectivity index (χ4n) is 1.98. The second-order valence-corrected chi connectivity index (χ2v) is 5.40. The minimum absolute atomic E-state index is 0.0104. The normalized spacial score (nSPS) is 11.7. The Bertz CT molecular complexity index is 815. The van der Waals surface area contributed by atoms with Crippen LogP contribution in [0.1, 0.15) is 11.4 Å². The van der Waals surface area contributed by atoms with Crippen molar-refractivity contribution in [2.45, 2.75) is 19.6 Å². The monoisotopic (exact) mass is 378 g/mol. The second kappa shape index (κ2) is 5.71. The summed E-state index contributed by atoms with van der Waals surface area (Å²) >= 11 is 3.10. The molecule has 0 aliphatic rings. The van der Waals surface area contributed by atoms with Crippen LogP contribution >= 0.6 is 15.9 Å². The molecular weight excluding hydrogens is 369 g/mol. The molecule has 0 saturated carbocycles. The molecule has 0 atom stereocenters. The molecule has 118 valence electrons. The molecular formula is C13H10BrF3N2O3. The Morgan fingerprint density at radius 3 is 2.59 bits per heavy atom. The summed E-state index contributed by atoms with van der Waals surface area (Å²) < 4.78 is 44.3. The molecule has 2 aromatic rings. The summed E-state index contributed by atoms with van der Waals surface area (Å²) in [5, 5.41) is -0.0104. The lowest BCUT2D eigenvalue weighted by atomic mass is 10.1. The molecule has 2 rings (SSSR count). The number of carbonyl (C=O) groups is 1. The van der Waals surface area contributed by atoms with E-state index in [-0.39, 0.29) is 19.9 Å². The third-order valence-corrected chi connectivity index (χ3v) is 3.53. The molecule has 0 spiro atoms. The highest BCUT2D eigenvalue weighted by Crippen LogP contribution is 2.30. The molecule has 1 aromatic carbocycles. The van der Waals surface area contributed by atoms with E-state index in [4.69, 9.17) is 0 Å². The molecule has 0 unspecified atom stereocenters. The van der Waals surface area contributed by atoms with Crippen LogP contribution in [0.5, 0.6) is 0 Å². The molecule has 22 heavy (non-hydrogen) atoms. The smallest absolute Gasteiger partial charge is 0.449 e. The van der Waals surface area contributed by atoms with Gasteiger partial charge in [0.25, 0.3) is 5.56 Å². The van der Waals surface area contributed by atoms with Gasteiger partial charge in [0.05, 0.1) is 18.0 Å². The number of hydrogen-bond donors (Lipinski definition) is 0. The first-order valence-electron chi connectivity index (χ1n) is 6.00. The predicted molar refractivity (Wildman–Crippen MR) is 75.5 cm³/mol. The van der Waals surface area contributed by atoms with Crippen molar-refractivity contribution in [1.82, 2.24) is 9.55 Å². The van der Waals surface area contributed by atoms with Crippen LogP contribution in [-0.4, -0.2) is 22.6 Å². The molecule has 1 heterocycles. The van der Waals surface area contributed by atoms with Crippen molar-refractivity contribution in [2.24, 2.45) is 0 Å². The van der Waals surface area contributed by atoms with Gasteiger partial charge < -0.3 is 4.74 Å². The number of esters is 1. The van der Waals surface area contributed by atoms with Gasteiger partial charge in [0.15, 0.2) is 0 Å². The van der Waals surface area contributed by atoms with Gasteiger partial charge in [-0.2, -0.15) is 13.2 Å². The van der Waals surface area contributed by atoms with Crippen molar-refractivity contribution >= 4 is 32.8 Å². The molecule has 9 heteroatoms. The molecule has 0 aliphatic heterocycles. The van der Waals surface area contributed by atoms with Gasteiger partial charge in [-0.15, -0.1) is 0 Å². The third kappa shape index (κ3) is 2.99. The maximum atomic E-state index is 13.1. The number of fused-ring (bicyclic) bond motifs is 1. The molecule has 0 bridgehead atoms. The molecule has 0 radical (unpaired) electrons. The average Bonchev–Trinajstić information content (AvgIpc) is 2.40. The van der Waals surface area contributed by atoms with Gasteiger partial charge in [0.1, 0.15) is 6.54 Å². The largest absolute Gasteiger partial charge is 0.468 e. The Kier molecular flexibility index (Phi) is 4.28. The third-order valence-electron chi connectivity index (χ3n) is 2.93. The molecule has 0 N–H and O–H groups in total. The molecule has 0 saturated heterocycles. The van der Waals surface area contributed by atoms with E-state index in [0.717, 1.165) is 7.11 Å². The quantitative estimate of drug-likeness (QED) is 0.753. The first-order valence-corrected chi connectivity index (χ1v) is 6.79. The fraction of sp³-hybridized carbons (Fsp3) is 0.308. The summed E-state index contributed by atoms with van der Waals surface area (Å²) in [6.45, 7) is 0.824. The van der Waals surface area contributed by atoms with Crippen molar-refractivity contribution in [1.29, 1.82) is 0 Å². The van der Waals surface area contributed by atoms with Crippen LogP contribution in [0.15, 0.2) is 21.4 Å². The Morgan fingerprint density at radius 1 is 1.41 bits per heavy atom. The molecule has 1 aromatic heterocycles. The van der Waals surface area contributed by atoms with Crippen LogP contribution in [0, 0.1) is 6.92 Å². The van der Waals surface area contributed by atoms with Crippen LogP contribution in [0.3, 0.4) is 0 Å². The zero-order valence-corrected chi connectivity index (χ0v) is 13.1. The Labute approximate surface area is 130 Å². The standard InChI is InChI=1S/C13H10BrF3N2O3/c1-6-3-7-10(8(14)4-6)18-12(13(15,16)17)19(11(7)21)5-9(20)22-2/h3-4H,5H2,1-2H3. The molecule has 0 aliphatic carbocycles. The summed E-state index contributed by atoms with van der Waals surface area (Å²) in [7, 11) is 1.02. The summed E-state index contributed by atoms with van der Waals surface area (Å²) in [5.74, 6) is -2.42. The van der Waals surface area contributed by atoms with Crippen molar-refractivity contribution in [3.8, 4) is 0 Å². The highest BCUT2D eigenvalue weighted by atomic mass is 79.9. The number of alkyl halides is 3. The van der Waals surface area contributed by atoms with E-state index >= 15 is 0 Å². The van der Waals surface area contributed by atoms with Gasteiger partial charge in [-0.05, 0) is 40.5 Å². The van der Waals surface area contributed by atoms with Crippen molar-refractivity contribution < 1.29 is 22.7 Å². The number of methoxy groups -OCH3 is 1. The lowest BCUT2D eigenvalue weighted by Crippen LogP contribution is -2.33. The van der Waals surface area contributed by atoms with Crippen LogP contribution in [-0.2, 0) is 22.3 Å². The van der Waals surface area contributed by atoms with Gasteiger partial charge in [-0.1, -0.05) is 0 Å². The van der Waals surface area contributed by atoms with Gasteiger partial charge in [-0.25, -0.2) is 4.98 Å². The Hall–Kier alpha value is -1.90. The zero-order chi connectivity index (χ0) is 16.7. The first-order chi connectivity index (χ1) is 10.1. The van der Waals surface area contributed by atoms with Gasteiger partial charge in [0.2, 0.25) is 5.82 Å². The van der Waals surface area contributed by atoms with E-state index in [9.17, 15) is 22.8 Å². The molecule has 5 nitrogen and oxygen atoms in total. The lowest BCUT2D eigenvalue weighted by molar-refractivity contribution is -0.150. The minimum atomic E-state index is -4.88. The number of nitrogens with zero attached hydrogens (tertiary/aromatic N) is 2. The molecule has 0 fully saturated rings. The summed E-state index contributed by atoms with van der Waals surface area (Å²) in [6, 6.07) is 2.98. The van der Waals surface area contributed by atoms with E-state index in [1.165, 1.54) is 6.07 Å². The van der Waals surface area contributed by atoms with E-state index in [1.54, 1.807) is 13.0 Å². The fourth-order valence-corrected chi connectivity index (χ4v) is 2.64. The number of rotatable bonds is 2. The summed E-state index contributed by atoms with van der Waals surface area (Å²) in [6.07, 6.45) is -4.88. The van der Waals surface area contributed by atoms with Crippen LogP contribution < -0.4 is 5.56 Å². The highest BCUT2D eigenvalue weighted by Gasteiger charge is 2.38. The van der Waals surface area contributed by atoms with Crippen LogP contribution in [0.4, 0.5) is 13.2 Å². The number of carbonyl (C=O) groups excluding carboxylic acids is 1. The van der Waals surface area contributed by atoms with Crippen LogP contribution in [0.2, 0.25) is 0 Å². The minimum Gasteiger partial charge on any atom is -0.468 e. The van der Waals surface area contributed by atoms with Gasteiger partial charge >= 0.3 is 12.1 Å². The number of aromatic nitrogens is 2. The summed E-state index contributed by atoms with van der Waals surface area (Å²) in [4.78, 5) is 27.2. The van der Waals surface area contributed by atoms with Crippen molar-refractivity contribution in [3.05, 3.63) is 38.3 Å². The Balaban J connectivity index is 2.88. The maximum absolute atomic E-state index is 13.1. The van der Waals surface area contributed by atoms with E-state index in [1.807, 2.05) is 0 Å². The van der Waals surface area contributed by atoms with E-state index in [2.05, 4.69) is 25.7 Å². The average molecular weight is 379 g/mol. The maximum Gasteiger partial charge on any atom is 0.449 e. The predicted octanol–water partition coefficient (Wildman–Crippen LogP) is 2.66. The lowest BCUT2D eigenvalue weighted by Gasteiger charge is -2.15.